The Morgan fingerprint density at radius 3 is 1.62 bits per heavy atom. The van der Waals surface area contributed by atoms with Crippen molar-refractivity contribution in [2.45, 2.75) is 89.1 Å². The fourth-order valence-electron chi connectivity index (χ4n) is 6.68. The van der Waals surface area contributed by atoms with Crippen LogP contribution in [0.15, 0.2) is 115 Å². The lowest BCUT2D eigenvalue weighted by Crippen LogP contribution is -2.61. The zero-order valence-corrected chi connectivity index (χ0v) is 29.6. The molecule has 9 nitrogen and oxygen atoms in total. The van der Waals surface area contributed by atoms with Crippen LogP contribution in [0.3, 0.4) is 0 Å². The number of hydrogen-bond acceptors (Lipinski definition) is 8. The van der Waals surface area contributed by atoms with Crippen molar-refractivity contribution in [2.24, 2.45) is 0 Å². The van der Waals surface area contributed by atoms with Crippen molar-refractivity contribution in [3.63, 3.8) is 0 Å². The molecule has 0 saturated carbocycles. The summed E-state index contributed by atoms with van der Waals surface area (Å²) in [4.78, 5) is 26.6. The Bertz CT molecular complexity index is 1640. The molecule has 1 N–H and O–H groups in total. The monoisotopic (exact) mass is 707 g/mol. The fourth-order valence-corrected chi connectivity index (χ4v) is 6.68. The van der Waals surface area contributed by atoms with Crippen molar-refractivity contribution < 1.29 is 38.4 Å². The van der Waals surface area contributed by atoms with Crippen molar-refractivity contribution in [3.05, 3.63) is 143 Å². The number of ether oxygens (including phenoxy) is 5. The Balaban J connectivity index is 1.00. The van der Waals surface area contributed by atoms with E-state index in [9.17, 15) is 14.7 Å². The van der Waals surface area contributed by atoms with Gasteiger partial charge in [-0.15, -0.1) is 0 Å². The molecule has 5 atom stereocenters. The molecule has 9 heteroatoms. The van der Waals surface area contributed by atoms with Crippen molar-refractivity contribution in [3.8, 4) is 0 Å². The number of benzene rings is 4. The number of aliphatic hydroxyl groups excluding tert-OH is 1. The number of hydrogen-bond donors (Lipinski definition) is 1. The molecule has 0 unspecified atom stereocenters. The maximum atomic E-state index is 12.6. The molecule has 1 fully saturated rings. The van der Waals surface area contributed by atoms with E-state index in [-0.39, 0.29) is 18.4 Å². The van der Waals surface area contributed by atoms with Crippen LogP contribution in [0.25, 0.3) is 0 Å². The van der Waals surface area contributed by atoms with Gasteiger partial charge in [0, 0.05) is 13.2 Å². The van der Waals surface area contributed by atoms with Gasteiger partial charge in [-0.3, -0.25) is 14.5 Å². The third-order valence-corrected chi connectivity index (χ3v) is 9.52. The Morgan fingerprint density at radius 1 is 0.558 bits per heavy atom. The second-order valence-corrected chi connectivity index (χ2v) is 13.4. The molecular formula is C43H49NO8. The first-order valence-electron chi connectivity index (χ1n) is 18.4. The van der Waals surface area contributed by atoms with E-state index in [1.54, 1.807) is 24.3 Å². The Labute approximate surface area is 306 Å². The summed E-state index contributed by atoms with van der Waals surface area (Å²) in [6.45, 7) is 2.11. The highest BCUT2D eigenvalue weighted by molar-refractivity contribution is 6.21. The van der Waals surface area contributed by atoms with Crippen LogP contribution in [0.4, 0.5) is 0 Å². The van der Waals surface area contributed by atoms with Gasteiger partial charge in [-0.05, 0) is 41.7 Å². The van der Waals surface area contributed by atoms with E-state index >= 15 is 0 Å². The van der Waals surface area contributed by atoms with E-state index in [0.29, 0.717) is 44.1 Å². The van der Waals surface area contributed by atoms with E-state index in [1.165, 1.54) is 4.90 Å². The average molecular weight is 708 g/mol. The molecule has 4 aromatic carbocycles. The molecular weight excluding hydrogens is 658 g/mol. The quantitative estimate of drug-likeness (QED) is 0.0766. The van der Waals surface area contributed by atoms with Crippen LogP contribution in [0, 0.1) is 0 Å². The third-order valence-electron chi connectivity index (χ3n) is 9.52. The van der Waals surface area contributed by atoms with Crippen LogP contribution < -0.4 is 0 Å². The van der Waals surface area contributed by atoms with Gasteiger partial charge in [0.2, 0.25) is 0 Å². The minimum Gasteiger partial charge on any atom is -0.385 e. The molecule has 52 heavy (non-hydrogen) atoms. The molecule has 0 radical (unpaired) electrons. The first-order valence-corrected chi connectivity index (χ1v) is 18.4. The highest BCUT2D eigenvalue weighted by Crippen LogP contribution is 2.29. The number of carbonyl (C=O) groups excluding carboxylic acids is 2. The zero-order valence-electron chi connectivity index (χ0n) is 29.6. The SMILES string of the molecule is O=C1c2ccccc2C(=O)N1CCCCCCCCO[C@H]1O[C@H](COCc2ccccc2)[C@@H](OCc2ccccc2)[C@H](OCc2ccccc2)[C@@H]1O. The lowest BCUT2D eigenvalue weighted by molar-refractivity contribution is -0.319. The summed E-state index contributed by atoms with van der Waals surface area (Å²) in [5.74, 6) is -0.395. The number of amides is 2. The van der Waals surface area contributed by atoms with Gasteiger partial charge in [0.25, 0.3) is 11.8 Å². The minimum absolute atomic E-state index is 0.198. The maximum absolute atomic E-state index is 12.6. The van der Waals surface area contributed by atoms with E-state index in [4.69, 9.17) is 23.7 Å². The summed E-state index contributed by atoms with van der Waals surface area (Å²) in [6.07, 6.45) is 1.52. The number of fused-ring (bicyclic) bond motifs is 1. The Morgan fingerprint density at radius 2 is 1.04 bits per heavy atom. The number of nitrogens with zero attached hydrogens (tertiary/aromatic N) is 1. The van der Waals surface area contributed by atoms with Crippen LogP contribution in [0.5, 0.6) is 0 Å². The third kappa shape index (κ3) is 10.2. The van der Waals surface area contributed by atoms with Crippen molar-refractivity contribution in [1.29, 1.82) is 0 Å². The molecule has 0 spiro atoms. The second kappa shape index (κ2) is 19.6. The van der Waals surface area contributed by atoms with E-state index in [2.05, 4.69) is 0 Å². The van der Waals surface area contributed by atoms with Gasteiger partial charge in [0.15, 0.2) is 6.29 Å². The van der Waals surface area contributed by atoms with Gasteiger partial charge in [0.05, 0.1) is 37.6 Å². The number of unbranched alkanes of at least 4 members (excludes halogenated alkanes) is 5. The summed E-state index contributed by atoms with van der Waals surface area (Å²) in [5, 5.41) is 11.6. The molecule has 4 aromatic rings. The van der Waals surface area contributed by atoms with E-state index in [0.717, 1.165) is 55.2 Å². The fraction of sp³-hybridized carbons (Fsp3) is 0.395. The topological polar surface area (TPSA) is 104 Å². The first-order chi connectivity index (χ1) is 25.6. The summed E-state index contributed by atoms with van der Waals surface area (Å²) < 4.78 is 31.6. The standard InChI is InChI=1S/C43H49NO8/c45-38-40(51-30-34-22-12-7-13-23-34)39(50-29-33-20-10-6-11-21-33)37(31-48-28-32-18-8-5-9-19-32)52-43(38)49-27-17-4-2-1-3-16-26-44-41(46)35-24-14-15-25-36(35)42(44)47/h5-15,18-25,37-40,43,45H,1-4,16-17,26-31H2/t37-,38+,39-,40-,43+/m1/s1. The zero-order chi connectivity index (χ0) is 36.0. The van der Waals surface area contributed by atoms with Crippen LogP contribution in [0.1, 0.15) is 75.9 Å². The summed E-state index contributed by atoms with van der Waals surface area (Å²) in [6, 6.07) is 36.7. The lowest BCUT2D eigenvalue weighted by Gasteiger charge is -2.44. The molecule has 274 valence electrons. The van der Waals surface area contributed by atoms with Crippen LogP contribution in [-0.4, -0.2) is 72.3 Å². The Hall–Kier alpha value is -4.22. The molecule has 1 saturated heterocycles. The molecule has 2 heterocycles. The number of carbonyl (C=O) groups is 2. The van der Waals surface area contributed by atoms with Crippen molar-refractivity contribution in [1.82, 2.24) is 4.90 Å². The smallest absolute Gasteiger partial charge is 0.261 e. The molecule has 0 bridgehead atoms. The predicted octanol–water partition coefficient (Wildman–Crippen LogP) is 7.11. The van der Waals surface area contributed by atoms with Gasteiger partial charge >= 0.3 is 0 Å². The highest BCUT2D eigenvalue weighted by atomic mass is 16.7. The second-order valence-electron chi connectivity index (χ2n) is 13.4. The number of aliphatic hydroxyl groups is 1. The van der Waals surface area contributed by atoms with Crippen molar-refractivity contribution >= 4 is 11.8 Å². The highest BCUT2D eigenvalue weighted by Gasteiger charge is 2.47. The minimum atomic E-state index is -1.09. The van der Waals surface area contributed by atoms with Gasteiger partial charge in [-0.1, -0.05) is 129 Å². The van der Waals surface area contributed by atoms with Crippen LogP contribution in [-0.2, 0) is 43.5 Å². The van der Waals surface area contributed by atoms with Gasteiger partial charge < -0.3 is 28.8 Å². The van der Waals surface area contributed by atoms with Gasteiger partial charge in [0.1, 0.15) is 24.4 Å². The van der Waals surface area contributed by atoms with E-state index in [1.807, 2.05) is 91.0 Å². The van der Waals surface area contributed by atoms with Crippen LogP contribution in [0.2, 0.25) is 0 Å². The normalized spacial score (nSPS) is 21.4. The number of imide groups is 1. The molecule has 0 aliphatic carbocycles. The number of rotatable bonds is 20. The summed E-state index contributed by atoms with van der Waals surface area (Å²) in [7, 11) is 0. The summed E-state index contributed by atoms with van der Waals surface area (Å²) in [5.41, 5.74) is 4.03. The van der Waals surface area contributed by atoms with E-state index < -0.39 is 30.7 Å². The molecule has 2 aliphatic rings. The van der Waals surface area contributed by atoms with Crippen LogP contribution >= 0.6 is 0 Å². The largest absolute Gasteiger partial charge is 0.385 e. The lowest BCUT2D eigenvalue weighted by atomic mass is 9.98. The first kappa shape index (κ1) is 37.5. The molecule has 0 aromatic heterocycles. The Kier molecular flexibility index (Phi) is 14.1. The predicted molar refractivity (Wildman–Crippen MR) is 196 cm³/mol. The molecule has 2 aliphatic heterocycles. The van der Waals surface area contributed by atoms with Gasteiger partial charge in [-0.2, -0.15) is 0 Å². The average Bonchev–Trinajstić information content (AvgIpc) is 3.43. The maximum Gasteiger partial charge on any atom is 0.261 e. The van der Waals surface area contributed by atoms with Gasteiger partial charge in [-0.25, -0.2) is 0 Å². The van der Waals surface area contributed by atoms with Crippen molar-refractivity contribution in [2.75, 3.05) is 19.8 Å². The summed E-state index contributed by atoms with van der Waals surface area (Å²) >= 11 is 0. The molecule has 6 rings (SSSR count). The molecule has 2 amide bonds.